The van der Waals surface area contributed by atoms with Gasteiger partial charge in [0, 0.05) is 37.5 Å². The average molecular weight is 314 g/mol. The highest BCUT2D eigenvalue weighted by molar-refractivity contribution is 7.88. The lowest BCUT2D eigenvalue weighted by molar-refractivity contribution is -0.148. The van der Waals surface area contributed by atoms with Crippen molar-refractivity contribution in [1.29, 1.82) is 0 Å². The van der Waals surface area contributed by atoms with Crippen molar-refractivity contribution in [2.24, 2.45) is 17.3 Å². The summed E-state index contributed by atoms with van der Waals surface area (Å²) in [5, 5.41) is 0. The first-order valence-corrected chi connectivity index (χ1v) is 9.88. The number of amides is 1. The van der Waals surface area contributed by atoms with Crippen LogP contribution < -0.4 is 0 Å². The molecule has 120 valence electrons. The quantitative estimate of drug-likeness (QED) is 0.772. The Balaban J connectivity index is 1.53. The van der Waals surface area contributed by atoms with E-state index in [1.54, 1.807) is 4.31 Å². The molecule has 0 atom stereocenters. The molecule has 2 aliphatic heterocycles. The number of hydrogen-bond acceptors (Lipinski definition) is 3. The van der Waals surface area contributed by atoms with Crippen molar-refractivity contribution in [3.8, 4) is 0 Å². The first kappa shape index (κ1) is 15.3. The molecule has 1 saturated carbocycles. The van der Waals surface area contributed by atoms with E-state index >= 15 is 0 Å². The molecule has 1 amide bonds. The Morgan fingerprint density at radius 2 is 1.71 bits per heavy atom. The fourth-order valence-corrected chi connectivity index (χ4v) is 5.05. The number of nitrogens with zero attached hydrogens (tertiary/aromatic N) is 2. The third-order valence-corrected chi connectivity index (χ3v) is 6.85. The van der Waals surface area contributed by atoms with Crippen LogP contribution in [0.5, 0.6) is 0 Å². The van der Waals surface area contributed by atoms with Gasteiger partial charge >= 0.3 is 0 Å². The molecule has 0 aromatic rings. The molecule has 1 aliphatic carbocycles. The topological polar surface area (TPSA) is 57.7 Å². The van der Waals surface area contributed by atoms with Crippen LogP contribution in [0.1, 0.15) is 39.0 Å². The van der Waals surface area contributed by atoms with Crippen molar-refractivity contribution in [3.05, 3.63) is 0 Å². The zero-order valence-corrected chi connectivity index (χ0v) is 13.9. The van der Waals surface area contributed by atoms with Crippen molar-refractivity contribution < 1.29 is 13.2 Å². The average Bonchev–Trinajstić information content (AvgIpc) is 2.82. The van der Waals surface area contributed by atoms with Crippen LogP contribution in [-0.4, -0.2) is 56.0 Å². The molecule has 3 aliphatic rings. The standard InChI is InChI=1S/C15H26N2O3S/c1-12-3-5-13(6-4-12)14(18)16-9-15(10-16)7-8-17(11-15)21(2,19)20/h12-13H,3-11H2,1-2H3. The first-order valence-electron chi connectivity index (χ1n) is 8.03. The van der Waals surface area contributed by atoms with Crippen LogP contribution in [0.2, 0.25) is 0 Å². The summed E-state index contributed by atoms with van der Waals surface area (Å²) in [7, 11) is -3.08. The largest absolute Gasteiger partial charge is 0.341 e. The Bertz CT molecular complexity index is 517. The SMILES string of the molecule is CC1CCC(C(=O)N2CC3(CCN(S(C)(=O)=O)C3)C2)CC1. The second-order valence-corrected chi connectivity index (χ2v) is 9.48. The van der Waals surface area contributed by atoms with E-state index in [2.05, 4.69) is 6.92 Å². The summed E-state index contributed by atoms with van der Waals surface area (Å²) in [6.45, 7) is 4.98. The predicted octanol–water partition coefficient (Wildman–Crippen LogP) is 1.31. The monoisotopic (exact) mass is 314 g/mol. The van der Waals surface area contributed by atoms with Gasteiger partial charge < -0.3 is 4.90 Å². The van der Waals surface area contributed by atoms with Crippen molar-refractivity contribution in [1.82, 2.24) is 9.21 Å². The summed E-state index contributed by atoms with van der Waals surface area (Å²) >= 11 is 0. The van der Waals surface area contributed by atoms with Gasteiger partial charge in [-0.2, -0.15) is 0 Å². The Morgan fingerprint density at radius 1 is 1.10 bits per heavy atom. The van der Waals surface area contributed by atoms with Crippen LogP contribution >= 0.6 is 0 Å². The third-order valence-electron chi connectivity index (χ3n) is 5.60. The van der Waals surface area contributed by atoms with Gasteiger partial charge in [-0.1, -0.05) is 6.92 Å². The number of likely N-dealkylation sites (tertiary alicyclic amines) is 1. The molecule has 2 saturated heterocycles. The van der Waals surface area contributed by atoms with Gasteiger partial charge in [0.05, 0.1) is 6.26 Å². The number of hydrogen-bond donors (Lipinski definition) is 0. The Hall–Kier alpha value is -0.620. The number of carbonyl (C=O) groups is 1. The maximum Gasteiger partial charge on any atom is 0.225 e. The molecule has 0 aromatic heterocycles. The molecule has 0 unspecified atom stereocenters. The van der Waals surface area contributed by atoms with E-state index in [-0.39, 0.29) is 11.3 Å². The summed E-state index contributed by atoms with van der Waals surface area (Å²) in [4.78, 5) is 14.5. The fourth-order valence-electron chi connectivity index (χ4n) is 4.12. The molecule has 2 heterocycles. The number of carbonyl (C=O) groups excluding carboxylic acids is 1. The smallest absolute Gasteiger partial charge is 0.225 e. The maximum absolute atomic E-state index is 12.5. The fraction of sp³-hybridized carbons (Fsp3) is 0.933. The minimum absolute atomic E-state index is 0.0424. The molecule has 0 radical (unpaired) electrons. The van der Waals surface area contributed by atoms with Crippen LogP contribution in [0.25, 0.3) is 0 Å². The van der Waals surface area contributed by atoms with Gasteiger partial charge in [0.1, 0.15) is 0 Å². The highest BCUT2D eigenvalue weighted by atomic mass is 32.2. The Kier molecular flexibility index (Phi) is 3.81. The molecule has 6 heteroatoms. The molecule has 5 nitrogen and oxygen atoms in total. The Labute approximate surface area is 127 Å². The molecule has 0 bridgehead atoms. The van der Waals surface area contributed by atoms with E-state index in [4.69, 9.17) is 0 Å². The van der Waals surface area contributed by atoms with Crippen LogP contribution in [-0.2, 0) is 14.8 Å². The second-order valence-electron chi connectivity index (χ2n) is 7.50. The lowest BCUT2D eigenvalue weighted by atomic mass is 9.76. The number of sulfonamides is 1. The first-order chi connectivity index (χ1) is 9.79. The van der Waals surface area contributed by atoms with Crippen molar-refractivity contribution in [3.63, 3.8) is 0 Å². The Morgan fingerprint density at radius 3 is 2.24 bits per heavy atom. The summed E-state index contributed by atoms with van der Waals surface area (Å²) in [6.07, 6.45) is 6.55. The molecule has 21 heavy (non-hydrogen) atoms. The predicted molar refractivity (Wildman–Crippen MR) is 81.2 cm³/mol. The lowest BCUT2D eigenvalue weighted by Gasteiger charge is -2.49. The van der Waals surface area contributed by atoms with Crippen molar-refractivity contribution in [2.75, 3.05) is 32.4 Å². The summed E-state index contributed by atoms with van der Waals surface area (Å²) in [5.41, 5.74) is 0.0424. The van der Waals surface area contributed by atoms with Gasteiger partial charge in [0.2, 0.25) is 15.9 Å². The van der Waals surface area contributed by atoms with E-state index < -0.39 is 10.0 Å². The number of rotatable bonds is 2. The molecular weight excluding hydrogens is 288 g/mol. The zero-order chi connectivity index (χ0) is 15.3. The molecular formula is C15H26N2O3S. The minimum Gasteiger partial charge on any atom is -0.341 e. The van der Waals surface area contributed by atoms with Crippen LogP contribution in [0, 0.1) is 17.3 Å². The van der Waals surface area contributed by atoms with E-state index in [1.807, 2.05) is 4.90 Å². The van der Waals surface area contributed by atoms with Gasteiger partial charge in [-0.15, -0.1) is 0 Å². The van der Waals surface area contributed by atoms with E-state index in [1.165, 1.54) is 6.26 Å². The molecule has 3 fully saturated rings. The minimum atomic E-state index is -3.08. The van der Waals surface area contributed by atoms with Crippen molar-refractivity contribution >= 4 is 15.9 Å². The molecule has 0 N–H and O–H groups in total. The van der Waals surface area contributed by atoms with Gasteiger partial charge in [0.15, 0.2) is 0 Å². The van der Waals surface area contributed by atoms with Gasteiger partial charge in [-0.25, -0.2) is 12.7 Å². The van der Waals surface area contributed by atoms with E-state index in [9.17, 15) is 13.2 Å². The highest BCUT2D eigenvalue weighted by Gasteiger charge is 2.51. The van der Waals surface area contributed by atoms with Gasteiger partial charge in [-0.3, -0.25) is 4.79 Å². The lowest BCUT2D eigenvalue weighted by Crippen LogP contribution is -2.61. The summed E-state index contributed by atoms with van der Waals surface area (Å²) in [5.74, 6) is 1.28. The normalized spacial score (nSPS) is 33.1. The van der Waals surface area contributed by atoms with Crippen LogP contribution in [0.3, 0.4) is 0 Å². The van der Waals surface area contributed by atoms with E-state index in [0.29, 0.717) is 19.0 Å². The summed E-state index contributed by atoms with van der Waals surface area (Å²) in [6, 6.07) is 0. The van der Waals surface area contributed by atoms with E-state index in [0.717, 1.165) is 51.1 Å². The maximum atomic E-state index is 12.5. The third kappa shape index (κ3) is 2.97. The van der Waals surface area contributed by atoms with Crippen molar-refractivity contribution in [2.45, 2.75) is 39.0 Å². The van der Waals surface area contributed by atoms with Gasteiger partial charge in [-0.05, 0) is 38.0 Å². The second kappa shape index (κ2) is 5.23. The molecule has 1 spiro atoms. The van der Waals surface area contributed by atoms with Gasteiger partial charge in [0.25, 0.3) is 0 Å². The highest BCUT2D eigenvalue weighted by Crippen LogP contribution is 2.42. The van der Waals surface area contributed by atoms with Crippen LogP contribution in [0.4, 0.5) is 0 Å². The summed E-state index contributed by atoms with van der Waals surface area (Å²) < 4.78 is 24.8. The van der Waals surface area contributed by atoms with Crippen LogP contribution in [0.15, 0.2) is 0 Å². The zero-order valence-electron chi connectivity index (χ0n) is 13.0. The molecule has 3 rings (SSSR count). The molecule has 0 aromatic carbocycles.